The normalized spacial score (nSPS) is 41.4. The number of rotatable bonds is 5. The molecule has 25 heavy (non-hydrogen) atoms. The molecule has 3 aliphatic carbocycles. The van der Waals surface area contributed by atoms with Crippen molar-refractivity contribution in [3.05, 3.63) is 0 Å². The van der Waals surface area contributed by atoms with Crippen LogP contribution in [0, 0.1) is 35.0 Å². The monoisotopic (exact) mass is 346 g/mol. The third-order valence-corrected chi connectivity index (χ3v) is 8.60. The van der Waals surface area contributed by atoms with Crippen LogP contribution in [-0.4, -0.2) is 0 Å². The van der Waals surface area contributed by atoms with Crippen molar-refractivity contribution in [1.29, 1.82) is 0 Å². The molecule has 3 fully saturated rings. The van der Waals surface area contributed by atoms with Crippen molar-refractivity contribution in [2.45, 2.75) is 124 Å². The second-order valence-corrected chi connectivity index (χ2v) is 10.8. The molecule has 0 heterocycles. The third kappa shape index (κ3) is 5.49. The molecule has 0 radical (unpaired) electrons. The van der Waals surface area contributed by atoms with Crippen molar-refractivity contribution in [2.24, 2.45) is 35.0 Å². The predicted molar refractivity (Wildman–Crippen MR) is 111 cm³/mol. The molecule has 0 nitrogen and oxygen atoms in total. The van der Waals surface area contributed by atoms with E-state index in [9.17, 15) is 0 Å². The van der Waals surface area contributed by atoms with Crippen LogP contribution in [0.25, 0.3) is 0 Å². The summed E-state index contributed by atoms with van der Waals surface area (Å²) in [5.74, 6) is 5.28. The van der Waals surface area contributed by atoms with Gasteiger partial charge in [0.05, 0.1) is 0 Å². The first-order chi connectivity index (χ1) is 12.1. The first-order valence-corrected chi connectivity index (χ1v) is 12.1. The molecule has 0 aliphatic heterocycles. The Morgan fingerprint density at radius 2 is 1.20 bits per heavy atom. The van der Waals surface area contributed by atoms with E-state index in [-0.39, 0.29) is 0 Å². The molecule has 0 spiro atoms. The summed E-state index contributed by atoms with van der Waals surface area (Å²) in [4.78, 5) is 0. The smallest absolute Gasteiger partial charge is 0.0320 e. The second kappa shape index (κ2) is 9.27. The molecule has 0 heteroatoms. The lowest BCUT2D eigenvalue weighted by atomic mass is 9.67. The molecular weight excluding hydrogens is 300 g/mol. The summed E-state index contributed by atoms with van der Waals surface area (Å²) < 4.78 is 0. The average molecular weight is 347 g/mol. The molecule has 0 aromatic carbocycles. The molecule has 3 atom stereocenters. The van der Waals surface area contributed by atoms with E-state index in [1.54, 1.807) is 51.4 Å². The average Bonchev–Trinajstić information content (AvgIpc) is 2.81. The fourth-order valence-electron chi connectivity index (χ4n) is 6.96. The van der Waals surface area contributed by atoms with Gasteiger partial charge < -0.3 is 0 Å². The maximum Gasteiger partial charge on any atom is -0.0320 e. The van der Waals surface area contributed by atoms with Gasteiger partial charge in [-0.25, -0.2) is 0 Å². The highest BCUT2D eigenvalue weighted by atomic mass is 14.4. The van der Waals surface area contributed by atoms with Crippen LogP contribution in [0.3, 0.4) is 0 Å². The molecule has 0 N–H and O–H groups in total. The Morgan fingerprint density at radius 1 is 0.680 bits per heavy atom. The van der Waals surface area contributed by atoms with Gasteiger partial charge in [-0.2, -0.15) is 0 Å². The Balaban J connectivity index is 1.67. The van der Waals surface area contributed by atoms with Crippen LogP contribution in [0.2, 0.25) is 0 Å². The van der Waals surface area contributed by atoms with Crippen molar-refractivity contribution in [1.82, 2.24) is 0 Å². The highest BCUT2D eigenvalue weighted by Gasteiger charge is 2.39. The Morgan fingerprint density at radius 3 is 1.76 bits per heavy atom. The standard InChI is InChI=1S/C25H46/c1-4-5-17-25(3)18-23(21-9-7-6-8-10-21)15-16-24(19-25)22-13-11-20(2)12-14-22/h20-24H,4-19H2,1-3H3. The van der Waals surface area contributed by atoms with Crippen LogP contribution in [0.5, 0.6) is 0 Å². The molecule has 3 saturated carbocycles. The Labute approximate surface area is 158 Å². The van der Waals surface area contributed by atoms with Gasteiger partial charge in [-0.15, -0.1) is 0 Å². The lowest BCUT2D eigenvalue weighted by Crippen LogP contribution is -2.27. The number of hydrogen-bond donors (Lipinski definition) is 0. The van der Waals surface area contributed by atoms with E-state index in [1.807, 2.05) is 0 Å². The molecule has 0 aromatic rings. The van der Waals surface area contributed by atoms with E-state index in [2.05, 4.69) is 20.8 Å². The first kappa shape index (κ1) is 19.8. The minimum absolute atomic E-state index is 0.655. The molecule has 3 aliphatic rings. The van der Waals surface area contributed by atoms with Crippen molar-refractivity contribution in [3.63, 3.8) is 0 Å². The van der Waals surface area contributed by atoms with Gasteiger partial charge in [0.25, 0.3) is 0 Å². The minimum Gasteiger partial charge on any atom is -0.0654 e. The Bertz CT molecular complexity index is 371. The third-order valence-electron chi connectivity index (χ3n) is 8.60. The SMILES string of the molecule is CCCCC1(C)CC(C2CCCCC2)CCC(C2CCC(C)CC2)C1. The summed E-state index contributed by atoms with van der Waals surface area (Å²) in [6, 6.07) is 0. The molecule has 0 amide bonds. The van der Waals surface area contributed by atoms with Crippen LogP contribution >= 0.6 is 0 Å². The molecule has 3 unspecified atom stereocenters. The highest BCUT2D eigenvalue weighted by Crippen LogP contribution is 2.51. The van der Waals surface area contributed by atoms with E-state index in [0.717, 1.165) is 29.6 Å². The van der Waals surface area contributed by atoms with E-state index < -0.39 is 0 Å². The highest BCUT2D eigenvalue weighted by molar-refractivity contribution is 4.90. The minimum atomic E-state index is 0.655. The first-order valence-electron chi connectivity index (χ1n) is 12.1. The van der Waals surface area contributed by atoms with Crippen molar-refractivity contribution in [2.75, 3.05) is 0 Å². The maximum absolute atomic E-state index is 2.70. The topological polar surface area (TPSA) is 0 Å². The van der Waals surface area contributed by atoms with E-state index in [1.165, 1.54) is 51.4 Å². The number of unbranched alkanes of at least 4 members (excludes halogenated alkanes) is 1. The lowest BCUT2D eigenvalue weighted by Gasteiger charge is -2.39. The van der Waals surface area contributed by atoms with Crippen LogP contribution in [0.1, 0.15) is 124 Å². The van der Waals surface area contributed by atoms with E-state index >= 15 is 0 Å². The number of hydrogen-bond acceptors (Lipinski definition) is 0. The van der Waals surface area contributed by atoms with Crippen LogP contribution in [0.15, 0.2) is 0 Å². The van der Waals surface area contributed by atoms with Gasteiger partial charge in [-0.1, -0.05) is 78.6 Å². The summed E-state index contributed by atoms with van der Waals surface area (Å²) in [5, 5.41) is 0. The van der Waals surface area contributed by atoms with Gasteiger partial charge >= 0.3 is 0 Å². The van der Waals surface area contributed by atoms with Gasteiger partial charge in [0, 0.05) is 0 Å². The molecule has 146 valence electrons. The fraction of sp³-hybridized carbons (Fsp3) is 1.00. The summed E-state index contributed by atoms with van der Waals surface area (Å²) in [6.07, 6.45) is 24.4. The summed E-state index contributed by atoms with van der Waals surface area (Å²) in [7, 11) is 0. The zero-order chi connectivity index (χ0) is 17.7. The fourth-order valence-corrected chi connectivity index (χ4v) is 6.96. The Kier molecular flexibility index (Phi) is 7.33. The molecule has 0 saturated heterocycles. The van der Waals surface area contributed by atoms with Crippen LogP contribution in [-0.2, 0) is 0 Å². The molecular formula is C25H46. The zero-order valence-corrected chi connectivity index (χ0v) is 17.7. The van der Waals surface area contributed by atoms with Crippen molar-refractivity contribution < 1.29 is 0 Å². The zero-order valence-electron chi connectivity index (χ0n) is 17.7. The largest absolute Gasteiger partial charge is 0.0654 e. The maximum atomic E-state index is 2.70. The summed E-state index contributed by atoms with van der Waals surface area (Å²) in [5.41, 5.74) is 0.655. The summed E-state index contributed by atoms with van der Waals surface area (Å²) >= 11 is 0. The van der Waals surface area contributed by atoms with Gasteiger partial charge in [-0.3, -0.25) is 0 Å². The van der Waals surface area contributed by atoms with E-state index in [4.69, 9.17) is 0 Å². The van der Waals surface area contributed by atoms with E-state index in [0.29, 0.717) is 5.41 Å². The predicted octanol–water partition coefficient (Wildman–Crippen LogP) is 8.40. The van der Waals surface area contributed by atoms with Crippen LogP contribution in [0.4, 0.5) is 0 Å². The van der Waals surface area contributed by atoms with Gasteiger partial charge in [-0.05, 0) is 80.0 Å². The van der Waals surface area contributed by atoms with Gasteiger partial charge in [0.1, 0.15) is 0 Å². The van der Waals surface area contributed by atoms with Crippen molar-refractivity contribution >= 4 is 0 Å². The molecule has 0 aromatic heterocycles. The van der Waals surface area contributed by atoms with Gasteiger partial charge in [0.15, 0.2) is 0 Å². The molecule has 3 rings (SSSR count). The lowest BCUT2D eigenvalue weighted by molar-refractivity contribution is 0.124. The molecule has 0 bridgehead atoms. The quantitative estimate of drug-likeness (QED) is 0.438. The van der Waals surface area contributed by atoms with Gasteiger partial charge in [0.2, 0.25) is 0 Å². The van der Waals surface area contributed by atoms with Crippen LogP contribution < -0.4 is 0 Å². The summed E-state index contributed by atoms with van der Waals surface area (Å²) in [6.45, 7) is 7.56. The second-order valence-electron chi connectivity index (χ2n) is 10.8. The Hall–Kier alpha value is 0. The van der Waals surface area contributed by atoms with Crippen molar-refractivity contribution in [3.8, 4) is 0 Å².